The Bertz CT molecular complexity index is 1050. The monoisotopic (exact) mass is 393 g/mol. The molecule has 0 radical (unpaired) electrons. The van der Waals surface area contributed by atoms with Crippen LogP contribution in [-0.2, 0) is 6.61 Å². The molecule has 0 saturated carbocycles. The molecule has 148 valence electrons. The molecule has 0 heterocycles. The lowest BCUT2D eigenvalue weighted by atomic mass is 10.1. The number of benzene rings is 3. The van der Waals surface area contributed by atoms with E-state index >= 15 is 0 Å². The number of carbonyl (C=O) groups is 1. The molecule has 0 amide bonds. The Kier molecular flexibility index (Phi) is 6.24. The number of rotatable bonds is 7. The highest BCUT2D eigenvalue weighted by Gasteiger charge is 2.10. The molecule has 0 spiro atoms. The zero-order chi connectivity index (χ0) is 20.8. The first-order valence-corrected chi connectivity index (χ1v) is 8.90. The molecule has 0 bridgehead atoms. The molecule has 0 saturated heterocycles. The van der Waals surface area contributed by atoms with Gasteiger partial charge in [0.05, 0.1) is 18.4 Å². The Morgan fingerprint density at radius 1 is 1.14 bits per heavy atom. The van der Waals surface area contributed by atoms with E-state index in [0.29, 0.717) is 28.3 Å². The normalized spacial score (nSPS) is 10.9. The van der Waals surface area contributed by atoms with Crippen molar-refractivity contribution in [3.8, 4) is 11.5 Å². The van der Waals surface area contributed by atoms with E-state index in [4.69, 9.17) is 14.6 Å². The molecule has 0 fully saturated rings. The van der Waals surface area contributed by atoms with Crippen molar-refractivity contribution in [1.82, 2.24) is 0 Å². The van der Waals surface area contributed by atoms with Gasteiger partial charge in [-0.2, -0.15) is 0 Å². The lowest BCUT2D eigenvalue weighted by Gasteiger charge is -2.13. The number of methoxy groups -OCH3 is 1. The van der Waals surface area contributed by atoms with Gasteiger partial charge in [-0.15, -0.1) is 0 Å². The Hall–Kier alpha value is -3.67. The summed E-state index contributed by atoms with van der Waals surface area (Å²) in [5.74, 6) is -0.189. The molecule has 29 heavy (non-hydrogen) atoms. The fraction of sp³-hybridized carbons (Fsp3) is 0.130. The highest BCUT2D eigenvalue weighted by molar-refractivity contribution is 5.88. The van der Waals surface area contributed by atoms with Gasteiger partial charge in [0.15, 0.2) is 11.5 Å². The predicted molar refractivity (Wildman–Crippen MR) is 109 cm³/mol. The number of carboxylic acids is 1. The Morgan fingerprint density at radius 3 is 2.55 bits per heavy atom. The average molecular weight is 393 g/mol. The van der Waals surface area contributed by atoms with Gasteiger partial charge < -0.3 is 14.6 Å². The molecule has 3 rings (SSSR count). The van der Waals surface area contributed by atoms with E-state index in [1.54, 1.807) is 50.6 Å². The first-order chi connectivity index (χ1) is 14.0. The molecule has 6 heteroatoms. The maximum absolute atomic E-state index is 13.4. The zero-order valence-electron chi connectivity index (χ0n) is 16.1. The molecule has 0 unspecified atom stereocenters. The topological polar surface area (TPSA) is 68.1 Å². The third-order valence-corrected chi connectivity index (χ3v) is 4.31. The molecule has 1 N–H and O–H groups in total. The molecular weight excluding hydrogens is 373 g/mol. The number of para-hydroxylation sites is 1. The molecule has 0 aliphatic heterocycles. The minimum atomic E-state index is -0.975. The Labute approximate surface area is 168 Å². The van der Waals surface area contributed by atoms with E-state index < -0.39 is 5.97 Å². The summed E-state index contributed by atoms with van der Waals surface area (Å²) in [6.45, 7) is 1.92. The van der Waals surface area contributed by atoms with Gasteiger partial charge in [0.25, 0.3) is 0 Å². The molecule has 0 aromatic heterocycles. The molecule has 0 aliphatic rings. The summed E-state index contributed by atoms with van der Waals surface area (Å²) in [6, 6.07) is 16.6. The first kappa shape index (κ1) is 20.1. The lowest BCUT2D eigenvalue weighted by molar-refractivity contribution is 0.0697. The lowest BCUT2D eigenvalue weighted by Crippen LogP contribution is -2.02. The number of halogens is 1. The van der Waals surface area contributed by atoms with Gasteiger partial charge in [-0.05, 0) is 60.5 Å². The van der Waals surface area contributed by atoms with Gasteiger partial charge in [-0.3, -0.25) is 4.99 Å². The van der Waals surface area contributed by atoms with Crippen molar-refractivity contribution in [1.29, 1.82) is 0 Å². The van der Waals surface area contributed by atoms with Crippen LogP contribution in [0.1, 0.15) is 27.0 Å². The molecule has 0 aliphatic carbocycles. The molecule has 5 nitrogen and oxygen atoms in total. The third kappa shape index (κ3) is 4.99. The van der Waals surface area contributed by atoms with Crippen LogP contribution in [0.15, 0.2) is 65.7 Å². The second-order valence-corrected chi connectivity index (χ2v) is 6.36. The Morgan fingerprint density at radius 2 is 1.90 bits per heavy atom. The quantitative estimate of drug-likeness (QED) is 0.562. The van der Waals surface area contributed by atoms with Crippen molar-refractivity contribution in [3.05, 3.63) is 88.7 Å². The minimum Gasteiger partial charge on any atom is -0.493 e. The van der Waals surface area contributed by atoms with Crippen molar-refractivity contribution in [2.75, 3.05) is 7.11 Å². The molecule has 3 aromatic rings. The van der Waals surface area contributed by atoms with E-state index in [-0.39, 0.29) is 18.0 Å². The minimum absolute atomic E-state index is 0.216. The number of aromatic carboxylic acids is 1. The highest BCUT2D eigenvalue weighted by Crippen LogP contribution is 2.31. The Balaban J connectivity index is 1.82. The van der Waals surface area contributed by atoms with Crippen LogP contribution in [0.3, 0.4) is 0 Å². The second-order valence-electron chi connectivity index (χ2n) is 6.36. The number of hydrogen-bond donors (Lipinski definition) is 1. The number of nitrogens with zero attached hydrogens (tertiary/aromatic N) is 1. The summed E-state index contributed by atoms with van der Waals surface area (Å²) in [7, 11) is 1.55. The third-order valence-electron chi connectivity index (χ3n) is 4.31. The maximum Gasteiger partial charge on any atom is 0.335 e. The van der Waals surface area contributed by atoms with E-state index in [9.17, 15) is 9.18 Å². The van der Waals surface area contributed by atoms with Crippen LogP contribution in [0.2, 0.25) is 0 Å². The fourth-order valence-corrected chi connectivity index (χ4v) is 2.70. The fourth-order valence-electron chi connectivity index (χ4n) is 2.70. The van der Waals surface area contributed by atoms with Gasteiger partial charge in [0, 0.05) is 11.8 Å². The zero-order valence-corrected chi connectivity index (χ0v) is 16.1. The van der Waals surface area contributed by atoms with Crippen LogP contribution in [-0.4, -0.2) is 24.4 Å². The van der Waals surface area contributed by atoms with Crippen molar-refractivity contribution in [2.45, 2.75) is 13.5 Å². The number of carboxylic acid groups (broad SMARTS) is 1. The van der Waals surface area contributed by atoms with E-state index in [1.165, 1.54) is 18.2 Å². The van der Waals surface area contributed by atoms with Gasteiger partial charge in [-0.25, -0.2) is 9.18 Å². The van der Waals surface area contributed by atoms with Gasteiger partial charge in [0.2, 0.25) is 0 Å². The summed E-state index contributed by atoms with van der Waals surface area (Å²) in [4.78, 5) is 15.4. The van der Waals surface area contributed by atoms with Crippen molar-refractivity contribution in [2.24, 2.45) is 4.99 Å². The maximum atomic E-state index is 13.4. The van der Waals surface area contributed by atoms with Crippen LogP contribution in [0.5, 0.6) is 11.5 Å². The number of aryl methyl sites for hydroxylation is 1. The van der Waals surface area contributed by atoms with Gasteiger partial charge >= 0.3 is 5.97 Å². The average Bonchev–Trinajstić information content (AvgIpc) is 2.73. The standard InChI is InChI=1S/C23H20FNO4/c1-15-12-19(10-11-20(15)24)25-13-18-4-3-5-21(28-2)22(18)29-14-16-6-8-17(9-7-16)23(26)27/h3-13H,14H2,1-2H3,(H,26,27). The van der Waals surface area contributed by atoms with Gasteiger partial charge in [-0.1, -0.05) is 18.2 Å². The van der Waals surface area contributed by atoms with Crippen LogP contribution >= 0.6 is 0 Å². The molecular formula is C23H20FNO4. The summed E-state index contributed by atoms with van der Waals surface area (Å²) >= 11 is 0. The number of ether oxygens (including phenoxy) is 2. The SMILES string of the molecule is COc1cccc(C=Nc2ccc(F)c(C)c2)c1OCc1ccc(C(=O)O)cc1. The van der Waals surface area contributed by atoms with E-state index in [1.807, 2.05) is 12.1 Å². The smallest absolute Gasteiger partial charge is 0.335 e. The van der Waals surface area contributed by atoms with Crippen LogP contribution in [0, 0.1) is 12.7 Å². The first-order valence-electron chi connectivity index (χ1n) is 8.90. The molecule has 3 aromatic carbocycles. The highest BCUT2D eigenvalue weighted by atomic mass is 19.1. The summed E-state index contributed by atoms with van der Waals surface area (Å²) in [6.07, 6.45) is 1.64. The van der Waals surface area contributed by atoms with Crippen molar-refractivity contribution in [3.63, 3.8) is 0 Å². The summed E-state index contributed by atoms with van der Waals surface area (Å²) in [5, 5.41) is 8.99. The van der Waals surface area contributed by atoms with Crippen LogP contribution < -0.4 is 9.47 Å². The second kappa shape index (κ2) is 9.01. The number of aliphatic imine (C=N–C) groups is 1. The number of hydrogen-bond acceptors (Lipinski definition) is 4. The van der Waals surface area contributed by atoms with Crippen LogP contribution in [0.4, 0.5) is 10.1 Å². The summed E-state index contributed by atoms with van der Waals surface area (Å²) < 4.78 is 24.8. The largest absolute Gasteiger partial charge is 0.493 e. The predicted octanol–water partition coefficient (Wildman–Crippen LogP) is 5.17. The van der Waals surface area contributed by atoms with E-state index in [0.717, 1.165) is 5.56 Å². The van der Waals surface area contributed by atoms with E-state index in [2.05, 4.69) is 4.99 Å². The van der Waals surface area contributed by atoms with Crippen molar-refractivity contribution >= 4 is 17.9 Å². The van der Waals surface area contributed by atoms with Gasteiger partial charge in [0.1, 0.15) is 12.4 Å². The molecule has 0 atom stereocenters. The summed E-state index contributed by atoms with van der Waals surface area (Å²) in [5.41, 5.74) is 2.88. The van der Waals surface area contributed by atoms with Crippen LogP contribution in [0.25, 0.3) is 0 Å². The van der Waals surface area contributed by atoms with Crippen molar-refractivity contribution < 1.29 is 23.8 Å².